The number of nitrogens with zero attached hydrogens (tertiary/aromatic N) is 3. The summed E-state index contributed by atoms with van der Waals surface area (Å²) in [5.41, 5.74) is 8.40. The fourth-order valence-corrected chi connectivity index (χ4v) is 1.95. The van der Waals surface area contributed by atoms with Crippen LogP contribution in [-0.2, 0) is 0 Å². The molecule has 0 saturated carbocycles. The van der Waals surface area contributed by atoms with Crippen LogP contribution < -0.4 is 10.5 Å². The number of hydrogen-bond donors (Lipinski definition) is 1. The molecule has 0 fully saturated rings. The highest BCUT2D eigenvalue weighted by molar-refractivity contribution is 5.78. The Balaban J connectivity index is 2.31. The molecule has 2 aromatic heterocycles. The van der Waals surface area contributed by atoms with Gasteiger partial charge in [0.05, 0.1) is 7.11 Å². The van der Waals surface area contributed by atoms with E-state index in [0.29, 0.717) is 11.5 Å². The van der Waals surface area contributed by atoms with Crippen molar-refractivity contribution in [1.82, 2.24) is 14.6 Å². The van der Waals surface area contributed by atoms with Gasteiger partial charge in [-0.25, -0.2) is 0 Å². The van der Waals surface area contributed by atoms with Crippen molar-refractivity contribution >= 4 is 11.6 Å². The lowest BCUT2D eigenvalue weighted by Gasteiger charge is -2.06. The summed E-state index contributed by atoms with van der Waals surface area (Å²) < 4.78 is 6.85. The smallest absolute Gasteiger partial charge is 0.240 e. The number of hydrogen-bond acceptors (Lipinski definition) is 4. The predicted octanol–water partition coefficient (Wildman–Crippen LogP) is 1.99. The minimum Gasteiger partial charge on any atom is -0.481 e. The van der Waals surface area contributed by atoms with Gasteiger partial charge in [-0.1, -0.05) is 30.3 Å². The highest BCUT2D eigenvalue weighted by atomic mass is 16.5. The Bertz CT molecular complexity index is 691. The van der Waals surface area contributed by atoms with Gasteiger partial charge >= 0.3 is 0 Å². The first-order valence-corrected chi connectivity index (χ1v) is 5.54. The first-order chi connectivity index (χ1) is 8.79. The molecular formula is C13H12N4O. The average Bonchev–Trinajstić information content (AvgIpc) is 2.80. The first kappa shape index (κ1) is 10.6. The molecule has 0 unspecified atom stereocenters. The first-order valence-electron chi connectivity index (χ1n) is 5.54. The number of methoxy groups -OCH3 is 1. The third kappa shape index (κ3) is 1.57. The van der Waals surface area contributed by atoms with Crippen LogP contribution in [0.3, 0.4) is 0 Å². The second-order valence-corrected chi connectivity index (χ2v) is 3.86. The molecule has 0 atom stereocenters. The van der Waals surface area contributed by atoms with Crippen LogP contribution in [0.25, 0.3) is 16.8 Å². The molecular weight excluding hydrogens is 228 g/mol. The van der Waals surface area contributed by atoms with Gasteiger partial charge in [-0.15, -0.1) is 5.10 Å². The van der Waals surface area contributed by atoms with Gasteiger partial charge in [0.1, 0.15) is 0 Å². The number of fused-ring (bicyclic) bond motifs is 1. The highest BCUT2D eigenvalue weighted by Gasteiger charge is 2.11. The van der Waals surface area contributed by atoms with Crippen LogP contribution in [0, 0.1) is 0 Å². The Hall–Kier alpha value is -2.56. The second-order valence-electron chi connectivity index (χ2n) is 3.86. The number of aromatic nitrogens is 3. The zero-order valence-corrected chi connectivity index (χ0v) is 9.87. The van der Waals surface area contributed by atoms with E-state index in [1.807, 2.05) is 42.5 Å². The minimum absolute atomic E-state index is 0.233. The molecule has 2 N–H and O–H groups in total. The van der Waals surface area contributed by atoms with Crippen LogP contribution in [0.4, 0.5) is 5.95 Å². The summed E-state index contributed by atoms with van der Waals surface area (Å²) in [5, 5.41) is 4.13. The molecule has 18 heavy (non-hydrogen) atoms. The predicted molar refractivity (Wildman–Crippen MR) is 69.4 cm³/mol. The van der Waals surface area contributed by atoms with E-state index in [0.717, 1.165) is 11.1 Å². The van der Waals surface area contributed by atoms with Gasteiger partial charge in [0.15, 0.2) is 5.65 Å². The molecule has 0 amide bonds. The van der Waals surface area contributed by atoms with Crippen molar-refractivity contribution in [3.63, 3.8) is 0 Å². The fourth-order valence-electron chi connectivity index (χ4n) is 1.95. The zero-order valence-electron chi connectivity index (χ0n) is 9.87. The Morgan fingerprint density at radius 2 is 1.89 bits per heavy atom. The highest BCUT2D eigenvalue weighted by Crippen LogP contribution is 2.27. The molecule has 3 aromatic rings. The van der Waals surface area contributed by atoms with Gasteiger partial charge < -0.3 is 10.5 Å². The number of anilines is 1. The lowest BCUT2D eigenvalue weighted by molar-refractivity contribution is 0.386. The van der Waals surface area contributed by atoms with E-state index in [1.165, 1.54) is 0 Å². The molecule has 3 rings (SSSR count). The van der Waals surface area contributed by atoms with Crippen LogP contribution in [0.5, 0.6) is 5.88 Å². The molecule has 0 saturated heterocycles. The van der Waals surface area contributed by atoms with Crippen LogP contribution in [0.2, 0.25) is 0 Å². The maximum absolute atomic E-state index is 5.66. The summed E-state index contributed by atoms with van der Waals surface area (Å²) >= 11 is 0. The van der Waals surface area contributed by atoms with Crippen molar-refractivity contribution in [2.45, 2.75) is 0 Å². The normalized spacial score (nSPS) is 10.7. The molecule has 1 aromatic carbocycles. The van der Waals surface area contributed by atoms with Gasteiger partial charge in [-0.2, -0.15) is 9.50 Å². The second kappa shape index (κ2) is 4.03. The lowest BCUT2D eigenvalue weighted by Crippen LogP contribution is -1.97. The van der Waals surface area contributed by atoms with Gasteiger partial charge in [0, 0.05) is 11.6 Å². The number of rotatable bonds is 2. The summed E-state index contributed by atoms with van der Waals surface area (Å²) in [6.07, 6.45) is 0. The van der Waals surface area contributed by atoms with Gasteiger partial charge in [-0.05, 0) is 11.6 Å². The van der Waals surface area contributed by atoms with Crippen LogP contribution in [0.15, 0.2) is 42.5 Å². The van der Waals surface area contributed by atoms with E-state index in [4.69, 9.17) is 10.5 Å². The van der Waals surface area contributed by atoms with E-state index in [1.54, 1.807) is 11.6 Å². The molecule has 0 aliphatic heterocycles. The zero-order chi connectivity index (χ0) is 12.5. The van der Waals surface area contributed by atoms with Crippen molar-refractivity contribution in [2.24, 2.45) is 0 Å². The monoisotopic (exact) mass is 240 g/mol. The third-order valence-electron chi connectivity index (χ3n) is 2.76. The van der Waals surface area contributed by atoms with Crippen molar-refractivity contribution in [1.29, 1.82) is 0 Å². The van der Waals surface area contributed by atoms with E-state index in [9.17, 15) is 0 Å². The van der Waals surface area contributed by atoms with E-state index in [-0.39, 0.29) is 5.95 Å². The Morgan fingerprint density at radius 3 is 2.61 bits per heavy atom. The van der Waals surface area contributed by atoms with Gasteiger partial charge in [0.25, 0.3) is 0 Å². The summed E-state index contributed by atoms with van der Waals surface area (Å²) in [4.78, 5) is 4.25. The standard InChI is InChI=1S/C13H12N4O/c1-18-11-8-7-10(9-5-3-2-4-6-9)12-15-13(14)16-17(11)12/h2-8H,1H3,(H2,14,16). The van der Waals surface area contributed by atoms with Crippen molar-refractivity contribution < 1.29 is 4.74 Å². The number of benzene rings is 1. The van der Waals surface area contributed by atoms with Crippen molar-refractivity contribution in [2.75, 3.05) is 12.8 Å². The fraction of sp³-hybridized carbons (Fsp3) is 0.0769. The average molecular weight is 240 g/mol. The van der Waals surface area contributed by atoms with E-state index < -0.39 is 0 Å². The number of pyridine rings is 1. The lowest BCUT2D eigenvalue weighted by atomic mass is 10.1. The quantitative estimate of drug-likeness (QED) is 0.744. The number of nitrogen functional groups attached to an aromatic ring is 1. The van der Waals surface area contributed by atoms with Crippen LogP contribution >= 0.6 is 0 Å². The van der Waals surface area contributed by atoms with Gasteiger partial charge in [0.2, 0.25) is 11.8 Å². The molecule has 90 valence electrons. The Kier molecular flexibility index (Phi) is 2.37. The Morgan fingerprint density at radius 1 is 1.11 bits per heavy atom. The van der Waals surface area contributed by atoms with Crippen LogP contribution in [-0.4, -0.2) is 21.7 Å². The maximum atomic E-state index is 5.66. The Labute approximate surface area is 104 Å². The molecule has 5 nitrogen and oxygen atoms in total. The summed E-state index contributed by atoms with van der Waals surface area (Å²) in [5.74, 6) is 0.838. The molecule has 5 heteroatoms. The summed E-state index contributed by atoms with van der Waals surface area (Å²) in [6, 6.07) is 13.8. The molecule has 0 spiro atoms. The third-order valence-corrected chi connectivity index (χ3v) is 2.76. The van der Waals surface area contributed by atoms with Crippen LogP contribution in [0.1, 0.15) is 0 Å². The maximum Gasteiger partial charge on any atom is 0.240 e. The van der Waals surface area contributed by atoms with E-state index >= 15 is 0 Å². The summed E-state index contributed by atoms with van der Waals surface area (Å²) in [6.45, 7) is 0. The largest absolute Gasteiger partial charge is 0.481 e. The molecule has 0 aliphatic carbocycles. The molecule has 0 radical (unpaired) electrons. The van der Waals surface area contributed by atoms with E-state index in [2.05, 4.69) is 10.1 Å². The topological polar surface area (TPSA) is 65.4 Å². The molecule has 2 heterocycles. The summed E-state index contributed by atoms with van der Waals surface area (Å²) in [7, 11) is 1.59. The molecule has 0 aliphatic rings. The number of nitrogens with two attached hydrogens (primary N) is 1. The van der Waals surface area contributed by atoms with Crippen molar-refractivity contribution in [3.05, 3.63) is 42.5 Å². The molecule has 0 bridgehead atoms. The SMILES string of the molecule is COc1ccc(-c2ccccc2)c2nc(N)nn12. The van der Waals surface area contributed by atoms with Gasteiger partial charge in [-0.3, -0.25) is 0 Å². The number of ether oxygens (including phenoxy) is 1. The minimum atomic E-state index is 0.233. The van der Waals surface area contributed by atoms with Crippen molar-refractivity contribution in [3.8, 4) is 17.0 Å².